The van der Waals surface area contributed by atoms with E-state index < -0.39 is 0 Å². The second-order valence-electron chi connectivity index (χ2n) is 4.55. The molecular weight excluding hydrogens is 250 g/mol. The summed E-state index contributed by atoms with van der Waals surface area (Å²) in [4.78, 5) is 30.2. The van der Waals surface area contributed by atoms with E-state index in [2.05, 4.69) is 10.3 Å². The first kappa shape index (κ1) is 13.0. The first-order chi connectivity index (χ1) is 8.56. The molecule has 1 saturated heterocycles. The van der Waals surface area contributed by atoms with Gasteiger partial charge in [0.1, 0.15) is 0 Å². The standard InChI is InChI=1S/C12H17N3O2S/c1-8-7-13-12(18-8)14-11(17)10-3-5-15(6-4-10)9(2)16/h7,10H,3-6H2,1-2H3,(H,13,14,17). The van der Waals surface area contributed by atoms with Crippen LogP contribution in [0.15, 0.2) is 6.20 Å². The number of aromatic nitrogens is 1. The maximum Gasteiger partial charge on any atom is 0.229 e. The van der Waals surface area contributed by atoms with Gasteiger partial charge in [-0.1, -0.05) is 0 Å². The van der Waals surface area contributed by atoms with Crippen LogP contribution in [0.3, 0.4) is 0 Å². The molecule has 2 amide bonds. The van der Waals surface area contributed by atoms with E-state index in [-0.39, 0.29) is 17.7 Å². The second-order valence-corrected chi connectivity index (χ2v) is 5.78. The third-order valence-corrected chi connectivity index (χ3v) is 3.99. The molecule has 6 heteroatoms. The number of thiazole rings is 1. The van der Waals surface area contributed by atoms with E-state index in [0.717, 1.165) is 17.7 Å². The van der Waals surface area contributed by atoms with E-state index in [1.54, 1.807) is 18.0 Å². The number of amides is 2. The molecule has 0 spiro atoms. The summed E-state index contributed by atoms with van der Waals surface area (Å²) in [6.45, 7) is 4.87. The number of nitrogens with one attached hydrogen (secondary N) is 1. The van der Waals surface area contributed by atoms with Gasteiger partial charge >= 0.3 is 0 Å². The molecule has 18 heavy (non-hydrogen) atoms. The number of nitrogens with zero attached hydrogens (tertiary/aromatic N) is 2. The van der Waals surface area contributed by atoms with Crippen molar-refractivity contribution in [2.45, 2.75) is 26.7 Å². The summed E-state index contributed by atoms with van der Waals surface area (Å²) in [5.41, 5.74) is 0. The van der Waals surface area contributed by atoms with Crippen molar-refractivity contribution in [3.8, 4) is 0 Å². The van der Waals surface area contributed by atoms with Gasteiger partial charge < -0.3 is 10.2 Å². The topological polar surface area (TPSA) is 62.3 Å². The summed E-state index contributed by atoms with van der Waals surface area (Å²) in [6.07, 6.45) is 3.21. The number of hydrogen-bond acceptors (Lipinski definition) is 4. The molecule has 0 bridgehead atoms. The van der Waals surface area contributed by atoms with Gasteiger partial charge in [-0.3, -0.25) is 9.59 Å². The fourth-order valence-corrected chi connectivity index (χ4v) is 2.74. The maximum absolute atomic E-state index is 12.0. The fraction of sp³-hybridized carbons (Fsp3) is 0.583. The molecule has 0 radical (unpaired) electrons. The molecule has 1 aliphatic heterocycles. The summed E-state index contributed by atoms with van der Waals surface area (Å²) < 4.78 is 0. The average molecular weight is 267 g/mol. The van der Waals surface area contributed by atoms with Crippen LogP contribution in [0, 0.1) is 12.8 Å². The molecule has 5 nitrogen and oxygen atoms in total. The molecule has 0 unspecified atom stereocenters. The summed E-state index contributed by atoms with van der Waals surface area (Å²) in [7, 11) is 0. The van der Waals surface area contributed by atoms with Crippen molar-refractivity contribution >= 4 is 28.3 Å². The predicted octanol–water partition coefficient (Wildman–Crippen LogP) is 1.65. The highest BCUT2D eigenvalue weighted by Crippen LogP contribution is 2.21. The number of piperidine rings is 1. The highest BCUT2D eigenvalue weighted by Gasteiger charge is 2.26. The van der Waals surface area contributed by atoms with Crippen molar-refractivity contribution in [3.05, 3.63) is 11.1 Å². The number of hydrogen-bond donors (Lipinski definition) is 1. The molecule has 1 fully saturated rings. The molecule has 0 atom stereocenters. The van der Waals surface area contributed by atoms with Crippen molar-refractivity contribution in [3.63, 3.8) is 0 Å². The third-order valence-electron chi connectivity index (χ3n) is 3.16. The van der Waals surface area contributed by atoms with Gasteiger partial charge in [0.25, 0.3) is 0 Å². The molecule has 2 heterocycles. The van der Waals surface area contributed by atoms with E-state index in [1.807, 2.05) is 6.92 Å². The first-order valence-corrected chi connectivity index (χ1v) is 6.86. The van der Waals surface area contributed by atoms with Crippen LogP contribution >= 0.6 is 11.3 Å². The van der Waals surface area contributed by atoms with Crippen LogP contribution in [0.4, 0.5) is 5.13 Å². The summed E-state index contributed by atoms with van der Waals surface area (Å²) in [5, 5.41) is 3.50. The lowest BCUT2D eigenvalue weighted by Gasteiger charge is -2.30. The summed E-state index contributed by atoms with van der Waals surface area (Å²) in [6, 6.07) is 0. The fourth-order valence-electron chi connectivity index (χ4n) is 2.08. The highest BCUT2D eigenvalue weighted by molar-refractivity contribution is 7.15. The number of likely N-dealkylation sites (tertiary alicyclic amines) is 1. The zero-order chi connectivity index (χ0) is 13.1. The predicted molar refractivity (Wildman–Crippen MR) is 70.5 cm³/mol. The number of carbonyl (C=O) groups excluding carboxylic acids is 2. The normalized spacial score (nSPS) is 16.7. The molecule has 0 aromatic carbocycles. The Kier molecular flexibility index (Phi) is 3.96. The molecular formula is C12H17N3O2S. The molecule has 0 saturated carbocycles. The minimum absolute atomic E-state index is 0.00944. The van der Waals surface area contributed by atoms with Gasteiger partial charge in [0.2, 0.25) is 11.8 Å². The second kappa shape index (κ2) is 5.48. The van der Waals surface area contributed by atoms with Gasteiger partial charge in [-0.2, -0.15) is 0 Å². The van der Waals surface area contributed by atoms with Gasteiger partial charge in [0.15, 0.2) is 5.13 Å². The lowest BCUT2D eigenvalue weighted by molar-refractivity contribution is -0.132. The van der Waals surface area contributed by atoms with Crippen molar-refractivity contribution in [2.24, 2.45) is 5.92 Å². The van der Waals surface area contributed by atoms with E-state index in [9.17, 15) is 9.59 Å². The lowest BCUT2D eigenvalue weighted by Crippen LogP contribution is -2.40. The zero-order valence-electron chi connectivity index (χ0n) is 10.6. The Morgan fingerprint density at radius 1 is 1.44 bits per heavy atom. The molecule has 1 aliphatic rings. The van der Waals surface area contributed by atoms with Crippen LogP contribution in [-0.4, -0.2) is 34.8 Å². The summed E-state index contributed by atoms with van der Waals surface area (Å²) >= 11 is 1.48. The van der Waals surface area contributed by atoms with Gasteiger partial charge in [-0.05, 0) is 19.8 Å². The largest absolute Gasteiger partial charge is 0.343 e. The molecule has 1 aromatic rings. The van der Waals surface area contributed by atoms with Gasteiger partial charge in [-0.25, -0.2) is 4.98 Å². The monoisotopic (exact) mass is 267 g/mol. The molecule has 98 valence electrons. The Labute approximate surface area is 110 Å². The van der Waals surface area contributed by atoms with E-state index >= 15 is 0 Å². The number of rotatable bonds is 2. The van der Waals surface area contributed by atoms with Gasteiger partial charge in [0, 0.05) is 37.0 Å². The minimum atomic E-state index is -0.00944. The van der Waals surface area contributed by atoms with E-state index in [0.29, 0.717) is 18.2 Å². The maximum atomic E-state index is 12.0. The zero-order valence-corrected chi connectivity index (χ0v) is 11.4. The van der Waals surface area contributed by atoms with Crippen molar-refractivity contribution in [2.75, 3.05) is 18.4 Å². The van der Waals surface area contributed by atoms with E-state index in [1.165, 1.54) is 11.3 Å². The average Bonchev–Trinajstić information content (AvgIpc) is 2.75. The van der Waals surface area contributed by atoms with Gasteiger partial charge in [0.05, 0.1) is 0 Å². The van der Waals surface area contributed by atoms with Crippen LogP contribution in [0.25, 0.3) is 0 Å². The Morgan fingerprint density at radius 2 is 2.11 bits per heavy atom. The number of carbonyl (C=O) groups is 2. The third kappa shape index (κ3) is 3.07. The Morgan fingerprint density at radius 3 is 2.61 bits per heavy atom. The quantitative estimate of drug-likeness (QED) is 0.886. The van der Waals surface area contributed by atoms with Crippen LogP contribution in [-0.2, 0) is 9.59 Å². The first-order valence-electron chi connectivity index (χ1n) is 6.05. The number of anilines is 1. The highest BCUT2D eigenvalue weighted by atomic mass is 32.1. The Balaban J connectivity index is 1.86. The minimum Gasteiger partial charge on any atom is -0.343 e. The van der Waals surface area contributed by atoms with Crippen molar-refractivity contribution in [1.29, 1.82) is 0 Å². The molecule has 0 aliphatic carbocycles. The van der Waals surface area contributed by atoms with E-state index in [4.69, 9.17) is 0 Å². The SMILES string of the molecule is CC(=O)N1CCC(C(=O)Nc2ncc(C)s2)CC1. The molecule has 2 rings (SSSR count). The lowest BCUT2D eigenvalue weighted by atomic mass is 9.96. The molecule has 1 N–H and O–H groups in total. The molecule has 1 aromatic heterocycles. The smallest absolute Gasteiger partial charge is 0.229 e. The number of aryl methyl sites for hydroxylation is 1. The Bertz CT molecular complexity index is 450. The van der Waals surface area contributed by atoms with Crippen molar-refractivity contribution in [1.82, 2.24) is 9.88 Å². The summed E-state index contributed by atoms with van der Waals surface area (Å²) in [5.74, 6) is 0.0989. The van der Waals surface area contributed by atoms with Crippen LogP contribution in [0.2, 0.25) is 0 Å². The van der Waals surface area contributed by atoms with Crippen molar-refractivity contribution < 1.29 is 9.59 Å². The van der Waals surface area contributed by atoms with Crippen LogP contribution < -0.4 is 5.32 Å². The van der Waals surface area contributed by atoms with Crippen LogP contribution in [0.1, 0.15) is 24.6 Å². The Hall–Kier alpha value is -1.43. The van der Waals surface area contributed by atoms with Gasteiger partial charge in [-0.15, -0.1) is 11.3 Å². The van der Waals surface area contributed by atoms with Crippen LogP contribution in [0.5, 0.6) is 0 Å².